The van der Waals surface area contributed by atoms with Gasteiger partial charge in [-0.15, -0.1) is 0 Å². The predicted molar refractivity (Wildman–Crippen MR) is 141 cm³/mol. The number of carbonyl (C=O) groups excluding carboxylic acids is 2. The first kappa shape index (κ1) is 26.0. The summed E-state index contributed by atoms with van der Waals surface area (Å²) in [4.78, 5) is 25.7. The van der Waals surface area contributed by atoms with Gasteiger partial charge in [0.15, 0.2) is 6.10 Å². The van der Waals surface area contributed by atoms with Crippen LogP contribution in [0.5, 0.6) is 5.75 Å². The standard InChI is InChI=1S/C27H25Cl2N3O3/c1-19(35-25-15-14-22(28)18-23(25)29)26(33)31-24(17-21-11-6-3-7-12-21)27(34)32-30-16-8-13-20-9-4-2-5-10-20/h2-16,18-19,24H,17H2,1H3,(H,31,33)(H,32,34)/b13-8+,30-16-/t19-,24+/m0/s1. The van der Waals surface area contributed by atoms with E-state index in [0.717, 1.165) is 11.1 Å². The van der Waals surface area contributed by atoms with Crippen LogP contribution >= 0.6 is 23.2 Å². The second-order valence-electron chi connectivity index (χ2n) is 7.61. The van der Waals surface area contributed by atoms with Gasteiger partial charge < -0.3 is 10.1 Å². The zero-order chi connectivity index (χ0) is 25.0. The highest BCUT2D eigenvalue weighted by atomic mass is 35.5. The van der Waals surface area contributed by atoms with Crippen LogP contribution in [0.25, 0.3) is 6.08 Å². The van der Waals surface area contributed by atoms with Crippen molar-refractivity contribution in [2.75, 3.05) is 0 Å². The molecule has 8 heteroatoms. The van der Waals surface area contributed by atoms with E-state index in [4.69, 9.17) is 27.9 Å². The molecule has 0 radical (unpaired) electrons. The van der Waals surface area contributed by atoms with Crippen molar-refractivity contribution in [2.24, 2.45) is 5.10 Å². The zero-order valence-corrected chi connectivity index (χ0v) is 20.5. The van der Waals surface area contributed by atoms with E-state index >= 15 is 0 Å². The minimum atomic E-state index is -0.906. The summed E-state index contributed by atoms with van der Waals surface area (Å²) in [5.74, 6) is -0.610. The van der Waals surface area contributed by atoms with E-state index in [1.54, 1.807) is 25.1 Å². The number of rotatable bonds is 10. The molecule has 6 nitrogen and oxygen atoms in total. The van der Waals surface area contributed by atoms with Gasteiger partial charge in [-0.2, -0.15) is 5.10 Å². The molecule has 0 aliphatic rings. The van der Waals surface area contributed by atoms with E-state index < -0.39 is 24.0 Å². The molecule has 0 aliphatic carbocycles. The summed E-state index contributed by atoms with van der Waals surface area (Å²) in [7, 11) is 0. The van der Waals surface area contributed by atoms with Crippen LogP contribution in [0, 0.1) is 0 Å². The summed E-state index contributed by atoms with van der Waals surface area (Å²) in [5, 5.41) is 7.45. The normalized spacial score (nSPS) is 12.9. The summed E-state index contributed by atoms with van der Waals surface area (Å²) in [6.07, 6.45) is 4.42. The maximum Gasteiger partial charge on any atom is 0.262 e. The van der Waals surface area contributed by atoms with Crippen molar-refractivity contribution in [3.05, 3.63) is 106 Å². The highest BCUT2D eigenvalue weighted by molar-refractivity contribution is 6.35. The average Bonchev–Trinajstić information content (AvgIpc) is 2.86. The lowest BCUT2D eigenvalue weighted by atomic mass is 10.1. The van der Waals surface area contributed by atoms with Crippen molar-refractivity contribution < 1.29 is 14.3 Å². The minimum absolute atomic E-state index is 0.280. The molecule has 0 unspecified atom stereocenters. The molecule has 2 atom stereocenters. The summed E-state index contributed by atoms with van der Waals surface area (Å²) < 4.78 is 5.67. The van der Waals surface area contributed by atoms with Crippen molar-refractivity contribution in [1.82, 2.24) is 10.7 Å². The molecule has 0 heterocycles. The third kappa shape index (κ3) is 8.59. The van der Waals surface area contributed by atoms with Crippen molar-refractivity contribution in [1.29, 1.82) is 0 Å². The van der Waals surface area contributed by atoms with Gasteiger partial charge in [-0.25, -0.2) is 5.43 Å². The van der Waals surface area contributed by atoms with Crippen LogP contribution in [-0.2, 0) is 16.0 Å². The van der Waals surface area contributed by atoms with Crippen molar-refractivity contribution in [3.63, 3.8) is 0 Å². The molecule has 0 fully saturated rings. The molecule has 0 bridgehead atoms. The molecule has 3 aromatic rings. The van der Waals surface area contributed by atoms with Crippen LogP contribution in [0.15, 0.2) is 90.0 Å². The third-order valence-electron chi connectivity index (χ3n) is 4.91. The number of hydrogen-bond acceptors (Lipinski definition) is 4. The van der Waals surface area contributed by atoms with Gasteiger partial charge in [-0.05, 0) is 42.3 Å². The van der Waals surface area contributed by atoms with Gasteiger partial charge >= 0.3 is 0 Å². The first-order valence-corrected chi connectivity index (χ1v) is 11.7. The Morgan fingerprint density at radius 2 is 1.66 bits per heavy atom. The Hall–Kier alpha value is -3.61. The topological polar surface area (TPSA) is 79.8 Å². The van der Waals surface area contributed by atoms with E-state index in [1.165, 1.54) is 12.3 Å². The summed E-state index contributed by atoms with van der Waals surface area (Å²) in [5.41, 5.74) is 4.38. The number of ether oxygens (including phenoxy) is 1. The Morgan fingerprint density at radius 3 is 2.34 bits per heavy atom. The second-order valence-corrected chi connectivity index (χ2v) is 8.45. The van der Waals surface area contributed by atoms with Crippen LogP contribution in [0.4, 0.5) is 0 Å². The molecule has 3 aromatic carbocycles. The fraction of sp³-hybridized carbons (Fsp3) is 0.148. The zero-order valence-electron chi connectivity index (χ0n) is 19.0. The first-order chi connectivity index (χ1) is 16.9. The molecule has 2 amide bonds. The fourth-order valence-electron chi connectivity index (χ4n) is 3.10. The van der Waals surface area contributed by atoms with Crippen molar-refractivity contribution >= 4 is 47.3 Å². The summed E-state index contributed by atoms with van der Waals surface area (Å²) >= 11 is 12.0. The molecule has 0 saturated heterocycles. The van der Waals surface area contributed by atoms with Crippen LogP contribution in [0.1, 0.15) is 18.1 Å². The van der Waals surface area contributed by atoms with E-state index in [1.807, 2.05) is 66.7 Å². The SMILES string of the molecule is C[C@H](Oc1ccc(Cl)cc1Cl)C(=O)N[C@H](Cc1ccccc1)C(=O)N/N=C\C=C\c1ccccc1. The Bertz CT molecular complexity index is 1180. The highest BCUT2D eigenvalue weighted by Gasteiger charge is 2.25. The number of hydrazone groups is 1. The third-order valence-corrected chi connectivity index (χ3v) is 5.44. The molecular formula is C27H25Cl2N3O3. The minimum Gasteiger partial charge on any atom is -0.479 e. The number of halogens is 2. The highest BCUT2D eigenvalue weighted by Crippen LogP contribution is 2.28. The van der Waals surface area contributed by atoms with Crippen molar-refractivity contribution in [3.8, 4) is 5.75 Å². The number of benzene rings is 3. The number of carbonyl (C=O) groups is 2. The van der Waals surface area contributed by atoms with Gasteiger partial charge in [-0.3, -0.25) is 9.59 Å². The molecule has 0 saturated carbocycles. The molecule has 0 spiro atoms. The lowest BCUT2D eigenvalue weighted by Gasteiger charge is -2.21. The quantitative estimate of drug-likeness (QED) is 0.287. The number of nitrogens with one attached hydrogen (secondary N) is 2. The van der Waals surface area contributed by atoms with E-state index in [2.05, 4.69) is 15.8 Å². The number of nitrogens with zero attached hydrogens (tertiary/aromatic N) is 1. The van der Waals surface area contributed by atoms with E-state index in [0.29, 0.717) is 10.8 Å². The number of allylic oxidation sites excluding steroid dienone is 1. The summed E-state index contributed by atoms with van der Waals surface area (Å²) in [6.45, 7) is 1.57. The first-order valence-electron chi connectivity index (χ1n) is 10.9. The summed E-state index contributed by atoms with van der Waals surface area (Å²) in [6, 6.07) is 22.9. The Kier molecular flexibility index (Phi) is 9.90. The Labute approximate surface area is 214 Å². The fourth-order valence-corrected chi connectivity index (χ4v) is 3.56. The van der Waals surface area contributed by atoms with Crippen LogP contribution < -0.4 is 15.5 Å². The molecule has 180 valence electrons. The largest absolute Gasteiger partial charge is 0.479 e. The molecule has 35 heavy (non-hydrogen) atoms. The smallest absolute Gasteiger partial charge is 0.262 e. The molecule has 0 aromatic heterocycles. The Morgan fingerprint density at radius 1 is 0.971 bits per heavy atom. The molecule has 0 aliphatic heterocycles. The van der Waals surface area contributed by atoms with Gasteiger partial charge in [0.05, 0.1) is 5.02 Å². The monoisotopic (exact) mass is 509 g/mol. The van der Waals surface area contributed by atoms with Gasteiger partial charge in [0, 0.05) is 17.7 Å². The lowest BCUT2D eigenvalue weighted by molar-refractivity contribution is -0.132. The van der Waals surface area contributed by atoms with E-state index in [9.17, 15) is 9.59 Å². The maximum absolute atomic E-state index is 12.8. The average molecular weight is 510 g/mol. The Balaban J connectivity index is 1.64. The number of amides is 2. The van der Waals surface area contributed by atoms with Crippen molar-refractivity contribution in [2.45, 2.75) is 25.5 Å². The van der Waals surface area contributed by atoms with Crippen LogP contribution in [-0.4, -0.2) is 30.2 Å². The number of hydrogen-bond donors (Lipinski definition) is 2. The molecular weight excluding hydrogens is 485 g/mol. The van der Waals surface area contributed by atoms with Gasteiger partial charge in [0.25, 0.3) is 11.8 Å². The van der Waals surface area contributed by atoms with E-state index in [-0.39, 0.29) is 11.4 Å². The van der Waals surface area contributed by atoms with Gasteiger partial charge in [-0.1, -0.05) is 89.9 Å². The van der Waals surface area contributed by atoms with Gasteiger partial charge in [0.2, 0.25) is 0 Å². The maximum atomic E-state index is 12.8. The lowest BCUT2D eigenvalue weighted by Crippen LogP contribution is -2.50. The second kappa shape index (κ2) is 13.3. The molecule has 3 rings (SSSR count). The predicted octanol–water partition coefficient (Wildman–Crippen LogP) is 5.30. The molecule has 2 N–H and O–H groups in total. The van der Waals surface area contributed by atoms with Crippen LogP contribution in [0.2, 0.25) is 10.0 Å². The van der Waals surface area contributed by atoms with Gasteiger partial charge in [0.1, 0.15) is 11.8 Å². The van der Waals surface area contributed by atoms with Crippen LogP contribution in [0.3, 0.4) is 0 Å².